The quantitative estimate of drug-likeness (QED) is 0.614. The number of rotatable bonds is 5. The van der Waals surface area contributed by atoms with E-state index in [4.69, 9.17) is 4.74 Å². The first-order chi connectivity index (χ1) is 13.4. The summed E-state index contributed by atoms with van der Waals surface area (Å²) >= 11 is 0. The van der Waals surface area contributed by atoms with Gasteiger partial charge < -0.3 is 15.2 Å². The van der Waals surface area contributed by atoms with Gasteiger partial charge in [-0.3, -0.25) is 24.6 Å². The Morgan fingerprint density at radius 1 is 1.29 bits per heavy atom. The van der Waals surface area contributed by atoms with Gasteiger partial charge in [-0.25, -0.2) is 0 Å². The Bertz CT molecular complexity index is 854. The van der Waals surface area contributed by atoms with E-state index in [1.807, 2.05) is 25.1 Å². The van der Waals surface area contributed by atoms with E-state index in [1.165, 1.54) is 12.0 Å². The molecule has 28 heavy (non-hydrogen) atoms. The Hall–Kier alpha value is -2.29. The highest BCUT2D eigenvalue weighted by Gasteiger charge is 2.71. The number of amides is 3. The van der Waals surface area contributed by atoms with Crippen molar-refractivity contribution in [2.45, 2.75) is 38.0 Å². The van der Waals surface area contributed by atoms with Crippen LogP contribution in [-0.4, -0.2) is 60.1 Å². The number of nitrogens with one attached hydrogen (secondary N) is 2. The van der Waals surface area contributed by atoms with Gasteiger partial charge in [0.25, 0.3) is 0 Å². The van der Waals surface area contributed by atoms with E-state index >= 15 is 0 Å². The molecule has 3 aliphatic rings. The second-order valence-electron chi connectivity index (χ2n) is 7.69. The van der Waals surface area contributed by atoms with Crippen LogP contribution in [0.25, 0.3) is 0 Å². The summed E-state index contributed by atoms with van der Waals surface area (Å²) < 4.78 is 5.03. The highest BCUT2D eigenvalue weighted by molar-refractivity contribution is 6.15. The van der Waals surface area contributed by atoms with E-state index in [2.05, 4.69) is 10.6 Å². The maximum Gasteiger partial charge on any atom is 0.250 e. The normalized spacial score (nSPS) is 32.1. The number of ether oxygens (including phenoxy) is 1. The average Bonchev–Trinajstić information content (AvgIpc) is 3.26. The second-order valence-corrected chi connectivity index (χ2v) is 7.69. The van der Waals surface area contributed by atoms with Crippen LogP contribution < -0.4 is 10.6 Å². The molecule has 0 unspecified atom stereocenters. The summed E-state index contributed by atoms with van der Waals surface area (Å²) in [5.41, 5.74) is 0.976. The average molecular weight is 387 g/mol. The Labute approximate surface area is 163 Å². The molecule has 0 saturated carbocycles. The molecule has 0 bridgehead atoms. The number of benzene rings is 1. The molecule has 0 aliphatic carbocycles. The van der Waals surface area contributed by atoms with Gasteiger partial charge in [-0.1, -0.05) is 25.1 Å². The van der Waals surface area contributed by atoms with Gasteiger partial charge in [-0.15, -0.1) is 0 Å². The molecule has 3 amide bonds. The molecule has 3 heterocycles. The number of carbonyl (C=O) groups is 3. The number of imide groups is 1. The third-order valence-corrected chi connectivity index (χ3v) is 6.28. The highest BCUT2D eigenvalue weighted by atomic mass is 16.5. The predicted octanol–water partition coefficient (Wildman–Crippen LogP) is -0.00340. The molecule has 1 spiro atoms. The summed E-state index contributed by atoms with van der Waals surface area (Å²) in [5.74, 6) is -2.81. The summed E-state index contributed by atoms with van der Waals surface area (Å²) in [5, 5.41) is 16.5. The van der Waals surface area contributed by atoms with Crippen LogP contribution in [0.5, 0.6) is 0 Å². The summed E-state index contributed by atoms with van der Waals surface area (Å²) in [6.45, 7) is 3.92. The van der Waals surface area contributed by atoms with E-state index in [1.54, 1.807) is 6.92 Å². The molecule has 0 radical (unpaired) electrons. The smallest absolute Gasteiger partial charge is 0.250 e. The number of methoxy groups -OCH3 is 1. The number of fused-ring (bicyclic) bond motifs is 4. The molecule has 3 N–H and O–H groups in total. The monoisotopic (exact) mass is 387 g/mol. The van der Waals surface area contributed by atoms with Gasteiger partial charge in [0.05, 0.1) is 31.1 Å². The Kier molecular flexibility index (Phi) is 4.52. The van der Waals surface area contributed by atoms with Crippen molar-refractivity contribution in [3.05, 3.63) is 29.3 Å². The number of nitrogens with zero attached hydrogens (tertiary/aromatic N) is 1. The molecular weight excluding hydrogens is 362 g/mol. The van der Waals surface area contributed by atoms with Crippen molar-refractivity contribution in [3.8, 4) is 0 Å². The van der Waals surface area contributed by atoms with Crippen molar-refractivity contribution in [2.24, 2.45) is 11.8 Å². The fourth-order valence-corrected chi connectivity index (χ4v) is 4.99. The number of likely N-dealkylation sites (tertiary alicyclic amines) is 1. The standard InChI is InChI=1S/C20H25N3O5/c1-4-11-6-5-7-12-16(11)21-19(27)20(12)14-13(15(22-20)10(2)24)17(25)23(18(14)26)8-9-28-3/h5-7,10,13-15,22,24H,4,8-9H2,1-3H3,(H,21,27)/t10-,13+,14+,15-,20+/m1/s1. The Morgan fingerprint density at radius 3 is 2.68 bits per heavy atom. The number of aliphatic hydroxyl groups excluding tert-OH is 1. The van der Waals surface area contributed by atoms with Crippen LogP contribution in [0.1, 0.15) is 25.0 Å². The van der Waals surface area contributed by atoms with Gasteiger partial charge in [0.2, 0.25) is 17.7 Å². The van der Waals surface area contributed by atoms with Crippen molar-refractivity contribution >= 4 is 23.4 Å². The highest BCUT2D eigenvalue weighted by Crippen LogP contribution is 2.53. The molecule has 1 aromatic carbocycles. The van der Waals surface area contributed by atoms with Crippen LogP contribution in [0.15, 0.2) is 18.2 Å². The van der Waals surface area contributed by atoms with Gasteiger partial charge in [-0.2, -0.15) is 0 Å². The second kappa shape index (κ2) is 6.65. The SMILES string of the molecule is CCc1cccc2c1NC(=O)[C@]21N[C@H]([C@@H](C)O)[C@H]2C(=O)N(CCOC)C(=O)[C@H]21. The van der Waals surface area contributed by atoms with Crippen molar-refractivity contribution in [1.82, 2.24) is 10.2 Å². The lowest BCUT2D eigenvalue weighted by molar-refractivity contribution is -0.143. The van der Waals surface area contributed by atoms with E-state index in [-0.39, 0.29) is 25.0 Å². The lowest BCUT2D eigenvalue weighted by Gasteiger charge is -2.30. The van der Waals surface area contributed by atoms with Gasteiger partial charge in [0.1, 0.15) is 5.54 Å². The van der Waals surface area contributed by atoms with Crippen LogP contribution in [0.2, 0.25) is 0 Å². The topological polar surface area (TPSA) is 108 Å². The van der Waals surface area contributed by atoms with Gasteiger partial charge in [0.15, 0.2) is 0 Å². The van der Waals surface area contributed by atoms with Crippen LogP contribution in [-0.2, 0) is 31.1 Å². The Morgan fingerprint density at radius 2 is 2.04 bits per heavy atom. The number of aryl methyl sites for hydroxylation is 1. The maximum absolute atomic E-state index is 13.3. The van der Waals surface area contributed by atoms with Crippen molar-refractivity contribution in [3.63, 3.8) is 0 Å². The summed E-state index contributed by atoms with van der Waals surface area (Å²) in [4.78, 5) is 40.8. The lowest BCUT2D eigenvalue weighted by atomic mass is 9.76. The number of anilines is 1. The van der Waals surface area contributed by atoms with E-state index in [0.29, 0.717) is 11.3 Å². The fraction of sp³-hybridized carbons (Fsp3) is 0.550. The number of para-hydroxylation sites is 1. The number of aliphatic hydroxyl groups is 1. The van der Waals surface area contributed by atoms with E-state index in [9.17, 15) is 19.5 Å². The molecule has 2 saturated heterocycles. The molecule has 150 valence electrons. The third-order valence-electron chi connectivity index (χ3n) is 6.28. The number of carbonyl (C=O) groups excluding carboxylic acids is 3. The number of hydrogen-bond donors (Lipinski definition) is 3. The minimum absolute atomic E-state index is 0.132. The Balaban J connectivity index is 1.87. The number of hydrogen-bond acceptors (Lipinski definition) is 6. The zero-order valence-corrected chi connectivity index (χ0v) is 16.2. The van der Waals surface area contributed by atoms with Crippen LogP contribution in [0, 0.1) is 11.8 Å². The summed E-state index contributed by atoms with van der Waals surface area (Å²) in [6, 6.07) is 4.91. The molecule has 2 fully saturated rings. The third kappa shape index (κ3) is 2.31. The fourth-order valence-electron chi connectivity index (χ4n) is 4.99. The molecule has 0 aromatic heterocycles. The predicted molar refractivity (Wildman–Crippen MR) is 100 cm³/mol. The lowest BCUT2D eigenvalue weighted by Crippen LogP contribution is -2.55. The zero-order valence-electron chi connectivity index (χ0n) is 16.2. The van der Waals surface area contributed by atoms with Crippen molar-refractivity contribution < 1.29 is 24.2 Å². The van der Waals surface area contributed by atoms with Gasteiger partial charge in [0, 0.05) is 24.4 Å². The van der Waals surface area contributed by atoms with Crippen LogP contribution >= 0.6 is 0 Å². The molecule has 4 rings (SSSR count). The minimum atomic E-state index is -1.36. The van der Waals surface area contributed by atoms with Crippen molar-refractivity contribution in [1.29, 1.82) is 0 Å². The van der Waals surface area contributed by atoms with Gasteiger partial charge >= 0.3 is 0 Å². The molecule has 3 aliphatic heterocycles. The minimum Gasteiger partial charge on any atom is -0.392 e. The first-order valence-electron chi connectivity index (χ1n) is 9.62. The molecular formula is C20H25N3O5. The molecule has 1 aromatic rings. The summed E-state index contributed by atoms with van der Waals surface area (Å²) in [7, 11) is 1.50. The van der Waals surface area contributed by atoms with E-state index in [0.717, 1.165) is 12.0 Å². The first-order valence-corrected chi connectivity index (χ1v) is 9.62. The molecule has 8 nitrogen and oxygen atoms in total. The van der Waals surface area contributed by atoms with Gasteiger partial charge in [-0.05, 0) is 18.9 Å². The zero-order chi connectivity index (χ0) is 20.2. The maximum atomic E-state index is 13.3. The van der Waals surface area contributed by atoms with Crippen molar-refractivity contribution in [2.75, 3.05) is 25.6 Å². The molecule has 8 heteroatoms. The van der Waals surface area contributed by atoms with Crippen LogP contribution in [0.4, 0.5) is 5.69 Å². The van der Waals surface area contributed by atoms with Crippen LogP contribution in [0.3, 0.4) is 0 Å². The first kappa shape index (κ1) is 19.0. The largest absolute Gasteiger partial charge is 0.392 e. The molecule has 5 atom stereocenters. The van der Waals surface area contributed by atoms with E-state index < -0.39 is 35.4 Å². The summed E-state index contributed by atoms with van der Waals surface area (Å²) in [6.07, 6.45) is -0.183.